The van der Waals surface area contributed by atoms with Crippen LogP contribution in [0.2, 0.25) is 0 Å². The fraction of sp³-hybridized carbons (Fsp3) is 0.269. The van der Waals surface area contributed by atoms with Gasteiger partial charge in [-0.1, -0.05) is 28.1 Å². The van der Waals surface area contributed by atoms with E-state index >= 15 is 0 Å². The van der Waals surface area contributed by atoms with E-state index in [4.69, 9.17) is 9.47 Å². The van der Waals surface area contributed by atoms with E-state index in [-0.39, 0.29) is 17.1 Å². The van der Waals surface area contributed by atoms with Crippen LogP contribution in [0.4, 0.5) is 17.1 Å². The fourth-order valence-corrected chi connectivity index (χ4v) is 3.81. The van der Waals surface area contributed by atoms with Crippen molar-refractivity contribution in [2.45, 2.75) is 13.0 Å². The molecule has 2 amide bonds. The average molecular weight is 541 g/mol. The zero-order valence-electron chi connectivity index (χ0n) is 20.4. The number of anilines is 3. The van der Waals surface area contributed by atoms with Gasteiger partial charge in [0.25, 0.3) is 0 Å². The van der Waals surface area contributed by atoms with Gasteiger partial charge in [-0.25, -0.2) is 4.98 Å². The summed E-state index contributed by atoms with van der Waals surface area (Å²) in [7, 11) is 7.05. The van der Waals surface area contributed by atoms with Crippen LogP contribution < -0.4 is 24.6 Å². The molecule has 0 spiro atoms. The summed E-state index contributed by atoms with van der Waals surface area (Å²) in [6.45, 7) is 1.68. The van der Waals surface area contributed by atoms with Crippen LogP contribution in [0.5, 0.6) is 11.6 Å². The minimum atomic E-state index is -0.792. The van der Waals surface area contributed by atoms with Gasteiger partial charge in [0, 0.05) is 37.1 Å². The van der Waals surface area contributed by atoms with Crippen LogP contribution in [-0.4, -0.2) is 56.5 Å². The van der Waals surface area contributed by atoms with Crippen molar-refractivity contribution in [3.8, 4) is 22.9 Å². The van der Waals surface area contributed by atoms with Crippen molar-refractivity contribution < 1.29 is 19.1 Å². The number of rotatable bonds is 9. The molecule has 0 radical (unpaired) electrons. The summed E-state index contributed by atoms with van der Waals surface area (Å²) >= 11 is 3.22. The summed E-state index contributed by atoms with van der Waals surface area (Å²) in [5.74, 6) is 0.488. The second-order valence-electron chi connectivity index (χ2n) is 7.95. The molecule has 1 aromatic heterocycles. The minimum absolute atomic E-state index is 0.0736. The topological polar surface area (TPSA) is 84.0 Å². The average Bonchev–Trinajstić information content (AvgIpc) is 2.89. The number of carbonyl (C=O) groups is 2. The number of pyridine rings is 1. The second kappa shape index (κ2) is 11.7. The molecule has 1 N–H and O–H groups in total. The molecular weight excluding hydrogens is 512 g/mol. The molecule has 0 saturated carbocycles. The van der Waals surface area contributed by atoms with Gasteiger partial charge in [0.15, 0.2) is 0 Å². The molecule has 3 rings (SSSR count). The molecule has 0 saturated heterocycles. The molecule has 9 heteroatoms. The van der Waals surface area contributed by atoms with Gasteiger partial charge in [-0.3, -0.25) is 14.5 Å². The Morgan fingerprint density at radius 3 is 2.11 bits per heavy atom. The van der Waals surface area contributed by atoms with E-state index in [1.807, 2.05) is 43.3 Å². The molecule has 0 aliphatic heterocycles. The first-order valence-electron chi connectivity index (χ1n) is 10.9. The van der Waals surface area contributed by atoms with Gasteiger partial charge in [-0.2, -0.15) is 0 Å². The third-order valence-corrected chi connectivity index (χ3v) is 5.97. The smallest absolute Gasteiger partial charge is 0.247 e. The zero-order valence-corrected chi connectivity index (χ0v) is 22.0. The second-order valence-corrected chi connectivity index (χ2v) is 8.51. The number of benzene rings is 2. The number of halogens is 1. The number of ether oxygens (including phenoxy) is 2. The quantitative estimate of drug-likeness (QED) is 0.399. The lowest BCUT2D eigenvalue weighted by Gasteiger charge is -2.28. The highest BCUT2D eigenvalue weighted by Gasteiger charge is 2.27. The fourth-order valence-electron chi connectivity index (χ4n) is 3.54. The molecule has 184 valence electrons. The Balaban J connectivity index is 1.92. The third kappa shape index (κ3) is 6.10. The van der Waals surface area contributed by atoms with Gasteiger partial charge in [0.2, 0.25) is 17.7 Å². The summed E-state index contributed by atoms with van der Waals surface area (Å²) in [6.07, 6.45) is 0. The molecular formula is C26H29BrN4O4. The lowest BCUT2D eigenvalue weighted by atomic mass is 10.1. The maximum atomic E-state index is 13.3. The van der Waals surface area contributed by atoms with Crippen molar-refractivity contribution in [1.29, 1.82) is 0 Å². The Bertz CT molecular complexity index is 1170. The van der Waals surface area contributed by atoms with Gasteiger partial charge in [0.1, 0.15) is 11.8 Å². The number of methoxy groups -OCH3 is 2. The van der Waals surface area contributed by atoms with Crippen molar-refractivity contribution in [1.82, 2.24) is 4.98 Å². The van der Waals surface area contributed by atoms with Crippen LogP contribution in [0.1, 0.15) is 6.92 Å². The number of alkyl halides is 1. The highest BCUT2D eigenvalue weighted by Crippen LogP contribution is 2.30. The number of hydrogen-bond donors (Lipinski definition) is 1. The number of amides is 2. The maximum Gasteiger partial charge on any atom is 0.247 e. The van der Waals surface area contributed by atoms with E-state index < -0.39 is 6.04 Å². The van der Waals surface area contributed by atoms with Crippen molar-refractivity contribution in [2.24, 2.45) is 0 Å². The molecule has 0 bridgehead atoms. The molecule has 8 nitrogen and oxygen atoms in total. The Morgan fingerprint density at radius 2 is 1.57 bits per heavy atom. The van der Waals surface area contributed by atoms with Crippen LogP contribution in [-0.2, 0) is 9.59 Å². The standard InChI is InChI=1S/C26H29BrN4O4/c1-17(31(24(32)16-27)20-10-12-21(34-4)13-11-20)26(33)28-22-14-15-23(35-5)29-25(22)18-6-8-19(9-7-18)30(2)3/h6-15,17H,16H2,1-5H3,(H,28,33). The zero-order chi connectivity index (χ0) is 25.5. The molecule has 0 fully saturated rings. The Labute approximate surface area is 214 Å². The summed E-state index contributed by atoms with van der Waals surface area (Å²) in [4.78, 5) is 34.1. The van der Waals surface area contributed by atoms with Crippen molar-refractivity contribution >= 4 is 44.8 Å². The summed E-state index contributed by atoms with van der Waals surface area (Å²) in [6, 6.07) is 17.5. The monoisotopic (exact) mass is 540 g/mol. The Morgan fingerprint density at radius 1 is 0.943 bits per heavy atom. The van der Waals surface area contributed by atoms with Crippen LogP contribution in [0, 0.1) is 0 Å². The van der Waals surface area contributed by atoms with E-state index in [9.17, 15) is 9.59 Å². The van der Waals surface area contributed by atoms with E-state index in [0.29, 0.717) is 28.7 Å². The van der Waals surface area contributed by atoms with E-state index in [2.05, 4.69) is 26.2 Å². The molecule has 35 heavy (non-hydrogen) atoms. The lowest BCUT2D eigenvalue weighted by molar-refractivity contribution is -0.122. The van der Waals surface area contributed by atoms with Gasteiger partial charge >= 0.3 is 0 Å². The number of aromatic nitrogens is 1. The predicted octanol–water partition coefficient (Wildman–Crippen LogP) is 4.59. The molecule has 0 aliphatic carbocycles. The maximum absolute atomic E-state index is 13.3. The molecule has 1 atom stereocenters. The predicted molar refractivity (Wildman–Crippen MR) is 143 cm³/mol. The number of nitrogens with one attached hydrogen (secondary N) is 1. The number of hydrogen-bond acceptors (Lipinski definition) is 6. The minimum Gasteiger partial charge on any atom is -0.497 e. The number of nitrogens with zero attached hydrogens (tertiary/aromatic N) is 3. The van der Waals surface area contributed by atoms with Crippen molar-refractivity contribution in [3.05, 3.63) is 60.7 Å². The van der Waals surface area contributed by atoms with Crippen LogP contribution in [0.15, 0.2) is 60.7 Å². The summed E-state index contributed by atoms with van der Waals surface area (Å²) in [5, 5.41) is 3.02. The first kappa shape index (κ1) is 26.0. The van der Waals surface area contributed by atoms with Gasteiger partial charge in [0.05, 0.1) is 30.9 Å². The van der Waals surface area contributed by atoms with Crippen LogP contribution in [0.25, 0.3) is 11.3 Å². The highest BCUT2D eigenvalue weighted by molar-refractivity contribution is 9.09. The molecule has 1 heterocycles. The number of carbonyl (C=O) groups excluding carboxylic acids is 2. The normalized spacial score (nSPS) is 11.4. The first-order chi connectivity index (χ1) is 16.8. The largest absolute Gasteiger partial charge is 0.497 e. The summed E-state index contributed by atoms with van der Waals surface area (Å²) in [5.41, 5.74) is 3.53. The van der Waals surface area contributed by atoms with Crippen LogP contribution >= 0.6 is 15.9 Å². The van der Waals surface area contributed by atoms with Gasteiger partial charge in [-0.05, 0) is 49.4 Å². The summed E-state index contributed by atoms with van der Waals surface area (Å²) < 4.78 is 10.5. The van der Waals surface area contributed by atoms with E-state index in [1.54, 1.807) is 57.5 Å². The van der Waals surface area contributed by atoms with E-state index in [1.165, 1.54) is 4.90 Å². The van der Waals surface area contributed by atoms with Crippen LogP contribution in [0.3, 0.4) is 0 Å². The highest BCUT2D eigenvalue weighted by atomic mass is 79.9. The van der Waals surface area contributed by atoms with Crippen molar-refractivity contribution in [2.75, 3.05) is 48.8 Å². The third-order valence-electron chi connectivity index (χ3n) is 5.49. The van der Waals surface area contributed by atoms with E-state index in [0.717, 1.165) is 11.3 Å². The van der Waals surface area contributed by atoms with Gasteiger partial charge < -0.3 is 19.7 Å². The first-order valence-corrected chi connectivity index (χ1v) is 12.1. The molecule has 2 aromatic carbocycles. The molecule has 3 aromatic rings. The Kier molecular flexibility index (Phi) is 8.70. The van der Waals surface area contributed by atoms with Gasteiger partial charge in [-0.15, -0.1) is 0 Å². The Hall–Kier alpha value is -3.59. The van der Waals surface area contributed by atoms with Crippen molar-refractivity contribution in [3.63, 3.8) is 0 Å². The lowest BCUT2D eigenvalue weighted by Crippen LogP contribution is -2.46. The molecule has 0 aliphatic rings. The molecule has 1 unspecified atom stereocenters. The SMILES string of the molecule is COc1ccc(N(C(=O)CBr)C(C)C(=O)Nc2ccc(OC)nc2-c2ccc(N(C)C)cc2)cc1.